The third kappa shape index (κ3) is 4.46. The van der Waals surface area contributed by atoms with Gasteiger partial charge in [0.05, 0.1) is 6.54 Å². The Balaban J connectivity index is 1.75. The molecule has 0 saturated heterocycles. The van der Waals surface area contributed by atoms with Crippen molar-refractivity contribution in [3.63, 3.8) is 0 Å². The molecule has 122 valence electrons. The van der Waals surface area contributed by atoms with E-state index in [4.69, 9.17) is 4.74 Å². The number of hydrogen-bond acceptors (Lipinski definition) is 3. The van der Waals surface area contributed by atoms with E-state index in [1.807, 2.05) is 71.4 Å². The largest absolute Gasteiger partial charge is 0.444 e. The molecular weight excluding hydrogens is 386 g/mol. The highest BCUT2D eigenvalue weighted by atomic mass is 79.9. The second-order valence-electron chi connectivity index (χ2n) is 5.23. The van der Waals surface area contributed by atoms with Crippen molar-refractivity contribution in [3.8, 4) is 0 Å². The number of benzene rings is 2. The molecule has 3 aromatic rings. The molecule has 1 heterocycles. The van der Waals surface area contributed by atoms with Gasteiger partial charge in [-0.1, -0.05) is 46.3 Å². The molecule has 0 aliphatic rings. The summed E-state index contributed by atoms with van der Waals surface area (Å²) in [5.74, 6) is 0. The van der Waals surface area contributed by atoms with Gasteiger partial charge in [-0.2, -0.15) is 11.3 Å². The predicted octanol–water partition coefficient (Wildman–Crippen LogP) is 5.85. The van der Waals surface area contributed by atoms with Gasteiger partial charge in [0.1, 0.15) is 6.61 Å². The van der Waals surface area contributed by atoms with Crippen LogP contribution in [0.4, 0.5) is 10.5 Å². The van der Waals surface area contributed by atoms with Gasteiger partial charge < -0.3 is 4.74 Å². The highest BCUT2D eigenvalue weighted by Gasteiger charge is 2.18. The Morgan fingerprint density at radius 1 is 1.00 bits per heavy atom. The number of amides is 1. The molecule has 5 heteroatoms. The zero-order valence-electron chi connectivity index (χ0n) is 12.9. The number of carbonyl (C=O) groups excluding carboxylic acids is 1. The summed E-state index contributed by atoms with van der Waals surface area (Å²) >= 11 is 5.04. The van der Waals surface area contributed by atoms with Gasteiger partial charge in [0, 0.05) is 10.2 Å². The van der Waals surface area contributed by atoms with Gasteiger partial charge in [0.2, 0.25) is 0 Å². The Hall–Kier alpha value is -2.11. The monoisotopic (exact) mass is 401 g/mol. The van der Waals surface area contributed by atoms with E-state index in [2.05, 4.69) is 15.9 Å². The summed E-state index contributed by atoms with van der Waals surface area (Å²) in [5.41, 5.74) is 2.86. The summed E-state index contributed by atoms with van der Waals surface area (Å²) in [7, 11) is 0. The van der Waals surface area contributed by atoms with Crippen LogP contribution in [-0.4, -0.2) is 6.09 Å². The molecule has 0 N–H and O–H groups in total. The molecule has 0 saturated carbocycles. The van der Waals surface area contributed by atoms with Crippen LogP contribution >= 0.6 is 27.3 Å². The van der Waals surface area contributed by atoms with Crippen LogP contribution in [0.2, 0.25) is 0 Å². The average molecular weight is 402 g/mol. The van der Waals surface area contributed by atoms with E-state index in [1.54, 1.807) is 16.2 Å². The smallest absolute Gasteiger partial charge is 0.414 e. The molecule has 3 nitrogen and oxygen atoms in total. The van der Waals surface area contributed by atoms with Crippen LogP contribution in [0.5, 0.6) is 0 Å². The van der Waals surface area contributed by atoms with Crippen LogP contribution in [0.1, 0.15) is 11.1 Å². The second kappa shape index (κ2) is 8.13. The van der Waals surface area contributed by atoms with Crippen molar-refractivity contribution in [1.82, 2.24) is 0 Å². The SMILES string of the molecule is O=C(OCc1ccccc1)N(Cc1ccsc1)c1ccc(Br)cc1. The maximum atomic E-state index is 12.6. The summed E-state index contributed by atoms with van der Waals surface area (Å²) < 4.78 is 6.47. The molecule has 0 aliphatic carbocycles. The Bertz CT molecular complexity index is 773. The number of anilines is 1. The summed E-state index contributed by atoms with van der Waals surface area (Å²) in [5, 5.41) is 4.04. The van der Waals surface area contributed by atoms with Gasteiger partial charge in [-0.15, -0.1) is 0 Å². The second-order valence-corrected chi connectivity index (χ2v) is 6.93. The van der Waals surface area contributed by atoms with Crippen LogP contribution < -0.4 is 4.90 Å². The van der Waals surface area contributed by atoms with Crippen molar-refractivity contribution in [2.24, 2.45) is 0 Å². The normalized spacial score (nSPS) is 10.4. The highest BCUT2D eigenvalue weighted by Crippen LogP contribution is 2.22. The lowest BCUT2D eigenvalue weighted by atomic mass is 10.2. The number of halogens is 1. The average Bonchev–Trinajstić information content (AvgIpc) is 3.13. The third-order valence-electron chi connectivity index (χ3n) is 3.48. The molecule has 0 radical (unpaired) electrons. The Morgan fingerprint density at radius 3 is 2.42 bits per heavy atom. The quantitative estimate of drug-likeness (QED) is 0.536. The molecule has 0 fully saturated rings. The molecule has 0 unspecified atom stereocenters. The zero-order valence-corrected chi connectivity index (χ0v) is 15.3. The van der Waals surface area contributed by atoms with Gasteiger partial charge in [-0.25, -0.2) is 4.79 Å². The first kappa shape index (κ1) is 16.7. The fourth-order valence-electron chi connectivity index (χ4n) is 2.24. The number of hydrogen-bond donors (Lipinski definition) is 0. The first-order valence-corrected chi connectivity index (χ1v) is 9.21. The lowest BCUT2D eigenvalue weighted by Gasteiger charge is -2.22. The van der Waals surface area contributed by atoms with Crippen LogP contribution in [0.3, 0.4) is 0 Å². The fourth-order valence-corrected chi connectivity index (χ4v) is 3.17. The van der Waals surface area contributed by atoms with Crippen LogP contribution in [0.15, 0.2) is 75.9 Å². The number of rotatable bonds is 5. The molecule has 24 heavy (non-hydrogen) atoms. The first-order valence-electron chi connectivity index (χ1n) is 7.47. The maximum Gasteiger partial charge on any atom is 0.414 e. The van der Waals surface area contributed by atoms with E-state index >= 15 is 0 Å². The number of nitrogens with zero attached hydrogens (tertiary/aromatic N) is 1. The number of carbonyl (C=O) groups is 1. The molecule has 0 spiro atoms. The number of thiophene rings is 1. The standard InChI is InChI=1S/C19H16BrNO2S/c20-17-6-8-18(9-7-17)21(12-16-10-11-24-14-16)19(22)23-13-15-4-2-1-3-5-15/h1-11,14H,12-13H2. The summed E-state index contributed by atoms with van der Waals surface area (Å²) in [4.78, 5) is 14.3. The van der Waals surface area contributed by atoms with E-state index < -0.39 is 0 Å². The Morgan fingerprint density at radius 2 is 1.75 bits per heavy atom. The summed E-state index contributed by atoms with van der Waals surface area (Å²) in [6.07, 6.45) is -0.354. The minimum atomic E-state index is -0.354. The topological polar surface area (TPSA) is 29.5 Å². The molecule has 0 aliphatic heterocycles. The lowest BCUT2D eigenvalue weighted by molar-refractivity contribution is 0.146. The molecule has 3 rings (SSSR count). The minimum Gasteiger partial charge on any atom is -0.444 e. The van der Waals surface area contributed by atoms with Crippen molar-refractivity contribution >= 4 is 39.0 Å². The van der Waals surface area contributed by atoms with Crippen LogP contribution in [0.25, 0.3) is 0 Å². The molecule has 0 bridgehead atoms. The summed E-state index contributed by atoms with van der Waals surface area (Å²) in [6.45, 7) is 0.745. The van der Waals surface area contributed by atoms with Crippen LogP contribution in [-0.2, 0) is 17.9 Å². The molecule has 1 aromatic heterocycles. The van der Waals surface area contributed by atoms with Gasteiger partial charge >= 0.3 is 6.09 Å². The van der Waals surface area contributed by atoms with Crippen molar-refractivity contribution in [2.75, 3.05) is 4.90 Å². The molecule has 0 atom stereocenters. The van der Waals surface area contributed by atoms with Crippen LogP contribution in [0, 0.1) is 0 Å². The van der Waals surface area contributed by atoms with E-state index in [1.165, 1.54) is 0 Å². The number of ether oxygens (including phenoxy) is 1. The van der Waals surface area contributed by atoms with E-state index in [0.717, 1.165) is 21.3 Å². The predicted molar refractivity (Wildman–Crippen MR) is 101 cm³/mol. The van der Waals surface area contributed by atoms with Gasteiger partial charge in [0.25, 0.3) is 0 Å². The van der Waals surface area contributed by atoms with Crippen molar-refractivity contribution < 1.29 is 9.53 Å². The van der Waals surface area contributed by atoms with Crippen molar-refractivity contribution in [3.05, 3.63) is 87.0 Å². The Kier molecular flexibility index (Phi) is 5.67. The fraction of sp³-hybridized carbons (Fsp3) is 0.105. The first-order chi connectivity index (χ1) is 11.7. The van der Waals surface area contributed by atoms with Crippen molar-refractivity contribution in [1.29, 1.82) is 0 Å². The highest BCUT2D eigenvalue weighted by molar-refractivity contribution is 9.10. The van der Waals surface area contributed by atoms with E-state index in [0.29, 0.717) is 6.54 Å². The third-order valence-corrected chi connectivity index (χ3v) is 4.75. The van der Waals surface area contributed by atoms with Gasteiger partial charge in [-0.05, 0) is 52.2 Å². The lowest BCUT2D eigenvalue weighted by Crippen LogP contribution is -2.30. The van der Waals surface area contributed by atoms with E-state index in [9.17, 15) is 4.79 Å². The molecule has 2 aromatic carbocycles. The minimum absolute atomic E-state index is 0.260. The van der Waals surface area contributed by atoms with E-state index in [-0.39, 0.29) is 12.7 Å². The van der Waals surface area contributed by atoms with Gasteiger partial charge in [-0.3, -0.25) is 4.90 Å². The maximum absolute atomic E-state index is 12.6. The van der Waals surface area contributed by atoms with Crippen molar-refractivity contribution in [2.45, 2.75) is 13.2 Å². The van der Waals surface area contributed by atoms with Gasteiger partial charge in [0.15, 0.2) is 0 Å². The molecule has 1 amide bonds. The molecular formula is C19H16BrNO2S. The zero-order chi connectivity index (χ0) is 16.8. The Labute approximate surface area is 153 Å². The summed E-state index contributed by atoms with van der Waals surface area (Å²) in [6, 6.07) is 19.3.